The number of esters is 1. The summed E-state index contributed by atoms with van der Waals surface area (Å²) >= 11 is 0. The van der Waals surface area contributed by atoms with Gasteiger partial charge in [-0.05, 0) is 37.1 Å². The smallest absolute Gasteiger partial charge is 0.343 e. The predicted molar refractivity (Wildman–Crippen MR) is 93.9 cm³/mol. The van der Waals surface area contributed by atoms with E-state index in [1.54, 1.807) is 38.2 Å². The number of hydrogen-bond donors (Lipinski definition) is 1. The van der Waals surface area contributed by atoms with E-state index in [0.29, 0.717) is 29.7 Å². The fraction of sp³-hybridized carbons (Fsp3) is 0.389. The second kappa shape index (κ2) is 8.32. The molecular weight excluding hydrogens is 322 g/mol. The number of benzene rings is 1. The van der Waals surface area contributed by atoms with Gasteiger partial charge in [0.15, 0.2) is 0 Å². The summed E-state index contributed by atoms with van der Waals surface area (Å²) in [5.41, 5.74) is 0.669. The number of carbonyl (C=O) groups excluding carboxylic acids is 2. The average molecular weight is 345 g/mol. The highest BCUT2D eigenvalue weighted by atomic mass is 16.5. The summed E-state index contributed by atoms with van der Waals surface area (Å²) in [4.78, 5) is 24.4. The molecule has 1 aromatic heterocycles. The van der Waals surface area contributed by atoms with Crippen molar-refractivity contribution in [3.63, 3.8) is 0 Å². The van der Waals surface area contributed by atoms with Crippen molar-refractivity contribution >= 4 is 17.7 Å². The van der Waals surface area contributed by atoms with Crippen LogP contribution in [0.1, 0.15) is 41.5 Å². The highest BCUT2D eigenvalue weighted by Crippen LogP contribution is 2.18. The van der Waals surface area contributed by atoms with Crippen LogP contribution in [0.15, 0.2) is 30.5 Å². The molecule has 0 spiro atoms. The summed E-state index contributed by atoms with van der Waals surface area (Å²) in [6.45, 7) is 6.71. The highest BCUT2D eigenvalue weighted by molar-refractivity contribution is 6.07. The molecule has 1 heterocycles. The molecule has 25 heavy (non-hydrogen) atoms. The van der Waals surface area contributed by atoms with E-state index in [1.165, 1.54) is 10.9 Å². The molecule has 134 valence electrons. The monoisotopic (exact) mass is 345 g/mol. The normalized spacial score (nSPS) is 10.6. The van der Waals surface area contributed by atoms with E-state index in [4.69, 9.17) is 9.47 Å². The number of anilines is 1. The Bertz CT molecular complexity index is 735. The van der Waals surface area contributed by atoms with Crippen LogP contribution in [0, 0.1) is 5.92 Å². The van der Waals surface area contributed by atoms with Crippen molar-refractivity contribution in [2.45, 2.75) is 20.8 Å². The Morgan fingerprint density at radius 3 is 2.52 bits per heavy atom. The van der Waals surface area contributed by atoms with Crippen molar-refractivity contribution in [1.82, 2.24) is 9.78 Å². The molecule has 0 saturated carbocycles. The van der Waals surface area contributed by atoms with Gasteiger partial charge in [-0.2, -0.15) is 5.10 Å². The molecule has 7 nitrogen and oxygen atoms in total. The van der Waals surface area contributed by atoms with Gasteiger partial charge in [-0.3, -0.25) is 9.48 Å². The van der Waals surface area contributed by atoms with Crippen LogP contribution >= 0.6 is 0 Å². The van der Waals surface area contributed by atoms with Crippen LogP contribution in [0.25, 0.3) is 0 Å². The Morgan fingerprint density at radius 1 is 1.24 bits per heavy atom. The van der Waals surface area contributed by atoms with E-state index in [9.17, 15) is 9.59 Å². The molecule has 1 aromatic carbocycles. The van der Waals surface area contributed by atoms with Gasteiger partial charge in [-0.1, -0.05) is 13.8 Å². The number of ether oxygens (including phenoxy) is 2. The van der Waals surface area contributed by atoms with Gasteiger partial charge in [0, 0.05) is 12.6 Å². The highest BCUT2D eigenvalue weighted by Gasteiger charge is 2.19. The lowest BCUT2D eigenvalue weighted by Gasteiger charge is -2.10. The maximum absolute atomic E-state index is 12.4. The zero-order valence-electron chi connectivity index (χ0n) is 14.9. The van der Waals surface area contributed by atoms with Crippen molar-refractivity contribution in [3.8, 4) is 5.75 Å². The Kier molecular flexibility index (Phi) is 6.16. The molecule has 0 atom stereocenters. The molecule has 1 N–H and O–H groups in total. The van der Waals surface area contributed by atoms with Gasteiger partial charge in [0.05, 0.1) is 19.4 Å². The first kappa shape index (κ1) is 18.5. The minimum absolute atomic E-state index is 0.217. The lowest BCUT2D eigenvalue weighted by molar-refractivity contribution is 0.0527. The van der Waals surface area contributed by atoms with Gasteiger partial charge in [-0.25, -0.2) is 4.79 Å². The van der Waals surface area contributed by atoms with E-state index < -0.39 is 5.97 Å². The van der Waals surface area contributed by atoms with E-state index in [1.807, 2.05) is 0 Å². The minimum Gasteiger partial charge on any atom is -0.493 e. The first-order valence-corrected chi connectivity index (χ1v) is 8.15. The quantitative estimate of drug-likeness (QED) is 0.780. The number of amides is 1. The first-order chi connectivity index (χ1) is 11.9. The minimum atomic E-state index is -0.525. The fourth-order valence-corrected chi connectivity index (χ4v) is 2.09. The molecule has 0 bridgehead atoms. The van der Waals surface area contributed by atoms with Crippen molar-refractivity contribution in [2.24, 2.45) is 13.0 Å². The molecule has 0 aliphatic heterocycles. The van der Waals surface area contributed by atoms with E-state index in [-0.39, 0.29) is 18.1 Å². The van der Waals surface area contributed by atoms with Gasteiger partial charge < -0.3 is 14.8 Å². The van der Waals surface area contributed by atoms with Crippen molar-refractivity contribution in [1.29, 1.82) is 0 Å². The molecule has 0 aliphatic rings. The second-order valence-electron chi connectivity index (χ2n) is 5.93. The summed E-state index contributed by atoms with van der Waals surface area (Å²) in [5, 5.41) is 6.71. The predicted octanol–water partition coefficient (Wildman–Crippen LogP) is 2.88. The third-order valence-electron chi connectivity index (χ3n) is 3.37. The Morgan fingerprint density at radius 2 is 1.92 bits per heavy atom. The summed E-state index contributed by atoms with van der Waals surface area (Å²) in [6, 6.07) is 6.83. The van der Waals surface area contributed by atoms with Crippen molar-refractivity contribution in [3.05, 3.63) is 41.6 Å². The zero-order valence-corrected chi connectivity index (χ0v) is 14.9. The second-order valence-corrected chi connectivity index (χ2v) is 5.93. The summed E-state index contributed by atoms with van der Waals surface area (Å²) in [5.74, 6) is 0.559. The standard InChI is InChI=1S/C18H23N3O4/c1-5-24-18(23)15-10-19-21(4)16(15)20-17(22)13-6-8-14(9-7-13)25-11-12(2)3/h6-10,12H,5,11H2,1-4H3,(H,20,22). The summed E-state index contributed by atoms with van der Waals surface area (Å²) in [7, 11) is 1.64. The summed E-state index contributed by atoms with van der Waals surface area (Å²) in [6.07, 6.45) is 1.37. The first-order valence-electron chi connectivity index (χ1n) is 8.15. The van der Waals surface area contributed by atoms with Gasteiger partial charge in [-0.15, -0.1) is 0 Å². The number of aryl methyl sites for hydroxylation is 1. The summed E-state index contributed by atoms with van der Waals surface area (Å²) < 4.78 is 12.0. The molecule has 2 rings (SSSR count). The topological polar surface area (TPSA) is 82.5 Å². The maximum Gasteiger partial charge on any atom is 0.343 e. The third kappa shape index (κ3) is 4.82. The van der Waals surface area contributed by atoms with Gasteiger partial charge in [0.25, 0.3) is 5.91 Å². The molecular formula is C18H23N3O4. The fourth-order valence-electron chi connectivity index (χ4n) is 2.09. The van der Waals surface area contributed by atoms with Gasteiger partial charge in [0.1, 0.15) is 17.1 Å². The van der Waals surface area contributed by atoms with E-state index in [2.05, 4.69) is 24.3 Å². The Balaban J connectivity index is 2.10. The van der Waals surface area contributed by atoms with Crippen molar-refractivity contribution in [2.75, 3.05) is 18.5 Å². The number of carbonyl (C=O) groups is 2. The number of hydrogen-bond acceptors (Lipinski definition) is 5. The number of rotatable bonds is 7. The zero-order chi connectivity index (χ0) is 18.4. The van der Waals surface area contributed by atoms with Crippen molar-refractivity contribution < 1.29 is 19.1 Å². The van der Waals surface area contributed by atoms with Crippen LogP contribution < -0.4 is 10.1 Å². The van der Waals surface area contributed by atoms with Crippen LogP contribution in [0.5, 0.6) is 5.75 Å². The molecule has 0 unspecified atom stereocenters. The van der Waals surface area contributed by atoms with Gasteiger partial charge in [0.2, 0.25) is 0 Å². The third-order valence-corrected chi connectivity index (χ3v) is 3.37. The SMILES string of the molecule is CCOC(=O)c1cnn(C)c1NC(=O)c1ccc(OCC(C)C)cc1. The molecule has 0 fully saturated rings. The molecule has 0 saturated heterocycles. The van der Waals surface area contributed by atoms with Crippen LogP contribution in [0.4, 0.5) is 5.82 Å². The van der Waals surface area contributed by atoms with Gasteiger partial charge >= 0.3 is 5.97 Å². The molecule has 1 amide bonds. The van der Waals surface area contributed by atoms with E-state index >= 15 is 0 Å². The molecule has 2 aromatic rings. The van der Waals surface area contributed by atoms with E-state index in [0.717, 1.165) is 0 Å². The van der Waals surface area contributed by atoms with Crippen LogP contribution in [0.2, 0.25) is 0 Å². The van der Waals surface area contributed by atoms with Crippen LogP contribution in [-0.4, -0.2) is 34.9 Å². The lowest BCUT2D eigenvalue weighted by Crippen LogP contribution is -2.17. The molecule has 7 heteroatoms. The number of nitrogens with zero attached hydrogens (tertiary/aromatic N) is 2. The van der Waals surface area contributed by atoms with Crippen LogP contribution in [-0.2, 0) is 11.8 Å². The largest absolute Gasteiger partial charge is 0.493 e. The number of aromatic nitrogens is 2. The molecule has 0 aliphatic carbocycles. The number of nitrogens with one attached hydrogen (secondary N) is 1. The van der Waals surface area contributed by atoms with Crippen LogP contribution in [0.3, 0.4) is 0 Å². The molecule has 0 radical (unpaired) electrons. The lowest BCUT2D eigenvalue weighted by atomic mass is 10.2. The average Bonchev–Trinajstić information content (AvgIpc) is 2.94. The Labute approximate surface area is 146 Å². The maximum atomic E-state index is 12.4. The Hall–Kier alpha value is -2.83.